The Labute approximate surface area is 160 Å². The van der Waals surface area contributed by atoms with E-state index in [-0.39, 0.29) is 23.6 Å². The van der Waals surface area contributed by atoms with Crippen LogP contribution in [0.25, 0.3) is 0 Å². The maximum atomic E-state index is 12.8. The summed E-state index contributed by atoms with van der Waals surface area (Å²) in [6.07, 6.45) is 5.18. The fraction of sp³-hybridized carbons (Fsp3) is 0.571. The van der Waals surface area contributed by atoms with Crippen molar-refractivity contribution in [1.29, 1.82) is 0 Å². The zero-order chi connectivity index (χ0) is 19.2. The van der Waals surface area contributed by atoms with E-state index in [2.05, 4.69) is 12.2 Å². The molecule has 2 aliphatic heterocycles. The van der Waals surface area contributed by atoms with Gasteiger partial charge < -0.3 is 15.1 Å². The molecule has 0 aromatic heterocycles. The first-order valence-electron chi connectivity index (χ1n) is 10.1. The van der Waals surface area contributed by atoms with E-state index in [0.29, 0.717) is 31.6 Å². The molecule has 3 rings (SSSR count). The highest BCUT2D eigenvalue weighted by atomic mass is 16.2. The van der Waals surface area contributed by atoms with Crippen LogP contribution in [0.2, 0.25) is 0 Å². The maximum absolute atomic E-state index is 12.8. The third-order valence-corrected chi connectivity index (χ3v) is 5.41. The topological polar surface area (TPSA) is 69.7 Å². The number of likely N-dealkylation sites (tertiary alicyclic amines) is 1. The van der Waals surface area contributed by atoms with Gasteiger partial charge in [-0.1, -0.05) is 13.3 Å². The van der Waals surface area contributed by atoms with E-state index in [9.17, 15) is 14.4 Å². The summed E-state index contributed by atoms with van der Waals surface area (Å²) in [7, 11) is 0. The average molecular weight is 371 g/mol. The van der Waals surface area contributed by atoms with Gasteiger partial charge in [0.15, 0.2) is 0 Å². The monoisotopic (exact) mass is 371 g/mol. The summed E-state index contributed by atoms with van der Waals surface area (Å²) in [5, 5.41) is 2.98. The summed E-state index contributed by atoms with van der Waals surface area (Å²) < 4.78 is 0. The highest BCUT2D eigenvalue weighted by molar-refractivity contribution is 5.97. The molecule has 0 radical (unpaired) electrons. The summed E-state index contributed by atoms with van der Waals surface area (Å²) in [4.78, 5) is 40.6. The van der Waals surface area contributed by atoms with Gasteiger partial charge >= 0.3 is 0 Å². The maximum Gasteiger partial charge on any atom is 0.253 e. The molecule has 6 nitrogen and oxygen atoms in total. The molecule has 1 aromatic rings. The second-order valence-electron chi connectivity index (χ2n) is 7.43. The van der Waals surface area contributed by atoms with Crippen molar-refractivity contribution in [2.45, 2.75) is 45.4 Å². The van der Waals surface area contributed by atoms with E-state index in [1.54, 1.807) is 21.9 Å². The molecule has 6 heteroatoms. The Morgan fingerprint density at radius 3 is 2.59 bits per heavy atom. The van der Waals surface area contributed by atoms with Gasteiger partial charge in [0.2, 0.25) is 11.8 Å². The molecule has 146 valence electrons. The number of nitrogens with one attached hydrogen (secondary N) is 1. The highest BCUT2D eigenvalue weighted by Crippen LogP contribution is 2.23. The minimum atomic E-state index is -0.124. The summed E-state index contributed by atoms with van der Waals surface area (Å²) in [6, 6.07) is 7.26. The number of hydrogen-bond acceptors (Lipinski definition) is 3. The van der Waals surface area contributed by atoms with Crippen LogP contribution in [0.3, 0.4) is 0 Å². The predicted octanol–water partition coefficient (Wildman–Crippen LogP) is 2.58. The molecule has 2 heterocycles. The van der Waals surface area contributed by atoms with Crippen LogP contribution in [0.1, 0.15) is 55.8 Å². The van der Waals surface area contributed by atoms with Gasteiger partial charge in [-0.3, -0.25) is 14.4 Å². The quantitative estimate of drug-likeness (QED) is 0.782. The molecule has 2 fully saturated rings. The molecule has 1 N–H and O–H groups in total. The molecule has 0 aliphatic carbocycles. The van der Waals surface area contributed by atoms with Crippen LogP contribution in [-0.4, -0.2) is 48.8 Å². The van der Waals surface area contributed by atoms with Crippen molar-refractivity contribution < 1.29 is 14.4 Å². The molecule has 0 spiro atoms. The molecule has 0 bridgehead atoms. The van der Waals surface area contributed by atoms with Gasteiger partial charge in [-0.05, 0) is 49.9 Å². The van der Waals surface area contributed by atoms with Crippen molar-refractivity contribution in [2.24, 2.45) is 5.92 Å². The molecular weight excluding hydrogens is 342 g/mol. The van der Waals surface area contributed by atoms with Crippen LogP contribution in [0, 0.1) is 5.92 Å². The Hall–Kier alpha value is -2.37. The molecule has 27 heavy (non-hydrogen) atoms. The fourth-order valence-electron chi connectivity index (χ4n) is 3.80. The van der Waals surface area contributed by atoms with Gasteiger partial charge in [0.05, 0.1) is 5.92 Å². The van der Waals surface area contributed by atoms with Crippen LogP contribution < -0.4 is 10.2 Å². The Bertz CT molecular complexity index is 686. The predicted molar refractivity (Wildman–Crippen MR) is 105 cm³/mol. The third-order valence-electron chi connectivity index (χ3n) is 5.41. The molecule has 2 aliphatic rings. The van der Waals surface area contributed by atoms with E-state index in [1.165, 1.54) is 0 Å². The van der Waals surface area contributed by atoms with E-state index in [1.807, 2.05) is 12.1 Å². The Balaban J connectivity index is 1.59. The molecular formula is C21H29N3O3. The first-order chi connectivity index (χ1) is 13.1. The number of benzene rings is 1. The standard InChI is InChI=1S/C21H29N3O3/c1-2-3-12-22-20(26)17-6-4-13-23(15-17)21(27)16-8-10-18(11-9-16)24-14-5-7-19(24)25/h8-11,17H,2-7,12-15H2,1H3,(H,22,26). The van der Waals surface area contributed by atoms with Crippen LogP contribution in [0.4, 0.5) is 5.69 Å². The van der Waals surface area contributed by atoms with Crippen molar-refractivity contribution in [2.75, 3.05) is 31.1 Å². The lowest BCUT2D eigenvalue weighted by molar-refractivity contribution is -0.126. The lowest BCUT2D eigenvalue weighted by Gasteiger charge is -2.32. The Morgan fingerprint density at radius 1 is 1.15 bits per heavy atom. The number of rotatable bonds is 6. The smallest absolute Gasteiger partial charge is 0.253 e. The van der Waals surface area contributed by atoms with Crippen molar-refractivity contribution >= 4 is 23.4 Å². The highest BCUT2D eigenvalue weighted by Gasteiger charge is 2.29. The first-order valence-corrected chi connectivity index (χ1v) is 10.1. The zero-order valence-corrected chi connectivity index (χ0v) is 16.1. The Kier molecular flexibility index (Phi) is 6.48. The minimum absolute atomic E-state index is 0.0413. The van der Waals surface area contributed by atoms with Crippen LogP contribution in [0.15, 0.2) is 24.3 Å². The number of carbonyl (C=O) groups is 3. The van der Waals surface area contributed by atoms with Crippen molar-refractivity contribution in [3.63, 3.8) is 0 Å². The number of piperidine rings is 1. The average Bonchev–Trinajstić information content (AvgIpc) is 3.13. The number of unbranched alkanes of at least 4 members (excludes halogenated alkanes) is 1. The van der Waals surface area contributed by atoms with Gasteiger partial charge in [0.25, 0.3) is 5.91 Å². The summed E-state index contributed by atoms with van der Waals surface area (Å²) in [5.74, 6) is 0.0345. The first kappa shape index (κ1) is 19.4. The second-order valence-corrected chi connectivity index (χ2v) is 7.43. The summed E-state index contributed by atoms with van der Waals surface area (Å²) >= 11 is 0. The number of hydrogen-bond donors (Lipinski definition) is 1. The van der Waals surface area contributed by atoms with E-state index in [4.69, 9.17) is 0 Å². The molecule has 3 amide bonds. The lowest BCUT2D eigenvalue weighted by atomic mass is 9.96. The Morgan fingerprint density at radius 2 is 1.93 bits per heavy atom. The van der Waals surface area contributed by atoms with Crippen LogP contribution >= 0.6 is 0 Å². The lowest BCUT2D eigenvalue weighted by Crippen LogP contribution is -2.45. The van der Waals surface area contributed by atoms with Gasteiger partial charge in [0, 0.05) is 43.9 Å². The van der Waals surface area contributed by atoms with Gasteiger partial charge in [-0.25, -0.2) is 0 Å². The second kappa shape index (κ2) is 9.02. The minimum Gasteiger partial charge on any atom is -0.356 e. The SMILES string of the molecule is CCCCNC(=O)C1CCCN(C(=O)c2ccc(N3CCCC3=O)cc2)C1. The number of anilines is 1. The summed E-state index contributed by atoms with van der Waals surface area (Å²) in [5.41, 5.74) is 1.46. The van der Waals surface area contributed by atoms with E-state index < -0.39 is 0 Å². The molecule has 1 aromatic carbocycles. The van der Waals surface area contributed by atoms with Crippen molar-refractivity contribution in [1.82, 2.24) is 10.2 Å². The zero-order valence-electron chi connectivity index (χ0n) is 16.1. The van der Waals surface area contributed by atoms with Gasteiger partial charge in [-0.15, -0.1) is 0 Å². The normalized spacial score (nSPS) is 20.0. The van der Waals surface area contributed by atoms with Crippen LogP contribution in [-0.2, 0) is 9.59 Å². The summed E-state index contributed by atoms with van der Waals surface area (Å²) in [6.45, 7) is 4.70. The number of carbonyl (C=O) groups excluding carboxylic acids is 3. The molecule has 2 saturated heterocycles. The van der Waals surface area contributed by atoms with Crippen LogP contribution in [0.5, 0.6) is 0 Å². The van der Waals surface area contributed by atoms with E-state index >= 15 is 0 Å². The van der Waals surface area contributed by atoms with Gasteiger partial charge in [0.1, 0.15) is 0 Å². The number of nitrogens with zero attached hydrogens (tertiary/aromatic N) is 2. The molecule has 1 atom stereocenters. The van der Waals surface area contributed by atoms with Gasteiger partial charge in [-0.2, -0.15) is 0 Å². The number of amides is 3. The van der Waals surface area contributed by atoms with E-state index in [0.717, 1.165) is 44.3 Å². The molecule has 0 saturated carbocycles. The third kappa shape index (κ3) is 4.67. The van der Waals surface area contributed by atoms with Crippen molar-refractivity contribution in [3.8, 4) is 0 Å². The molecule has 1 unspecified atom stereocenters. The largest absolute Gasteiger partial charge is 0.356 e. The fourth-order valence-corrected chi connectivity index (χ4v) is 3.80. The van der Waals surface area contributed by atoms with Crippen molar-refractivity contribution in [3.05, 3.63) is 29.8 Å².